The van der Waals surface area contributed by atoms with E-state index in [9.17, 15) is 48.2 Å². The van der Waals surface area contributed by atoms with Gasteiger partial charge in [0.25, 0.3) is 11.8 Å². The number of aromatic nitrogens is 2. The van der Waals surface area contributed by atoms with Crippen LogP contribution in [0.15, 0.2) is 91.1 Å². The van der Waals surface area contributed by atoms with Crippen LogP contribution in [0.3, 0.4) is 0 Å². The van der Waals surface area contributed by atoms with Gasteiger partial charge in [0.05, 0.1) is 23.5 Å². The van der Waals surface area contributed by atoms with Gasteiger partial charge < -0.3 is 46.7 Å². The number of aliphatic hydroxyl groups excluding tert-OH is 2. The predicted octanol–water partition coefficient (Wildman–Crippen LogP) is 2.31. The summed E-state index contributed by atoms with van der Waals surface area (Å²) in [5.41, 5.74) is 12.4. The molecule has 0 spiro atoms. The fourth-order valence-electron chi connectivity index (χ4n) is 8.15. The zero-order valence-corrected chi connectivity index (χ0v) is 41.4. The topological polar surface area (TPSA) is 296 Å². The molecule has 73 heavy (non-hydrogen) atoms. The normalized spacial score (nSPS) is 14.6. The van der Waals surface area contributed by atoms with Crippen molar-refractivity contribution < 1.29 is 52.6 Å². The number of rotatable bonds is 25. The Labute approximate surface area is 421 Å². The summed E-state index contributed by atoms with van der Waals surface area (Å²) in [5.74, 6) is -5.80. The van der Waals surface area contributed by atoms with Gasteiger partial charge in [-0.3, -0.25) is 44.6 Å². The summed E-state index contributed by atoms with van der Waals surface area (Å²) in [4.78, 5) is 98.8. The Bertz CT molecular complexity index is 2600. The number of benzene rings is 3. The van der Waals surface area contributed by atoms with E-state index in [-0.39, 0.29) is 68.8 Å². The first-order chi connectivity index (χ1) is 34.6. The van der Waals surface area contributed by atoms with E-state index in [2.05, 4.69) is 26.6 Å². The van der Waals surface area contributed by atoms with Crippen LogP contribution >= 0.6 is 0 Å². The molecular formula is C51H65F2N11O9. The molecule has 3 aromatic carbocycles. The van der Waals surface area contributed by atoms with Gasteiger partial charge in [-0.2, -0.15) is 0 Å². The zero-order valence-electron chi connectivity index (χ0n) is 41.4. The van der Waals surface area contributed by atoms with Crippen LogP contribution in [-0.2, 0) is 40.1 Å². The molecule has 1 unspecified atom stereocenters. The highest BCUT2D eigenvalue weighted by molar-refractivity contribution is 6.28. The number of hydrogen-bond donors (Lipinski definition) is 9. The standard InChI is InChI=1S/C51H65F2N11O9/c1-30(2)44(49(72)60-38(12-9-23-57-50(55)73)48(71)58-33-14-16-34(17-15-33)64-41(67)19-20-42(64)68)61-40(66)21-24-56-47(70)37(54)22-25-63(43(69)29-65)45(51(3,4)5)46-59-39(35-26-32(52)13-18-36(35)53)28-62(46)27-31-10-7-6-8-11-31/h6-8,10-11,13-20,26,28,30,37-38,44-45,50,57,65,73H,9,12,21-25,27,29,54-55H2,1-5H3,(H,56,70)(H,58,71)(H,60,72)(H,61,66)/t37-,38-,44-,45-,50?/m0/s1. The summed E-state index contributed by atoms with van der Waals surface area (Å²) < 4.78 is 31.3. The number of aliphatic hydroxyl groups is 2. The number of amides is 7. The summed E-state index contributed by atoms with van der Waals surface area (Å²) in [7, 11) is 0. The Hall–Kier alpha value is -7.24. The molecule has 20 nitrogen and oxygen atoms in total. The molecule has 0 radical (unpaired) electrons. The van der Waals surface area contributed by atoms with E-state index in [1.807, 2.05) is 51.1 Å². The SMILES string of the molecule is CC(C)[C@H](NC(=O)CCNC(=O)[C@@H](N)CCN(C(=O)CO)[C@@H](c1nc(-c2cc(F)ccc2F)cn1Cc1ccccc1)C(C)(C)C)C(=O)N[C@@H](CCCNC(N)O)C(=O)Nc1ccc(N2C(=O)C=CC2=O)cc1. The maximum Gasteiger partial charge on any atom is 0.258 e. The van der Waals surface area contributed by atoms with Crippen molar-refractivity contribution in [3.8, 4) is 11.3 Å². The molecule has 11 N–H and O–H groups in total. The van der Waals surface area contributed by atoms with Crippen LogP contribution in [0.25, 0.3) is 11.3 Å². The van der Waals surface area contributed by atoms with Gasteiger partial charge in [0, 0.05) is 55.7 Å². The second-order valence-electron chi connectivity index (χ2n) is 18.9. The van der Waals surface area contributed by atoms with Gasteiger partial charge in [-0.1, -0.05) is 65.0 Å². The maximum atomic E-state index is 15.1. The van der Waals surface area contributed by atoms with Crippen molar-refractivity contribution in [2.24, 2.45) is 22.8 Å². The zero-order chi connectivity index (χ0) is 53.6. The Morgan fingerprint density at radius 2 is 1.52 bits per heavy atom. The molecule has 0 fully saturated rings. The Morgan fingerprint density at radius 3 is 2.14 bits per heavy atom. The van der Waals surface area contributed by atoms with Crippen LogP contribution in [0.4, 0.5) is 20.2 Å². The van der Waals surface area contributed by atoms with Crippen LogP contribution in [0.2, 0.25) is 0 Å². The van der Waals surface area contributed by atoms with Gasteiger partial charge in [0.1, 0.15) is 36.1 Å². The number of nitrogens with one attached hydrogen (secondary N) is 5. The highest BCUT2D eigenvalue weighted by atomic mass is 19.1. The second-order valence-corrected chi connectivity index (χ2v) is 18.9. The van der Waals surface area contributed by atoms with Crippen LogP contribution in [0.1, 0.15) is 77.7 Å². The summed E-state index contributed by atoms with van der Waals surface area (Å²) in [5, 5.41) is 32.9. The molecule has 4 aromatic rings. The van der Waals surface area contributed by atoms with Crippen molar-refractivity contribution in [3.63, 3.8) is 0 Å². The van der Waals surface area contributed by atoms with E-state index in [0.717, 1.165) is 40.8 Å². The lowest BCUT2D eigenvalue weighted by Crippen LogP contribution is -2.55. The summed E-state index contributed by atoms with van der Waals surface area (Å²) >= 11 is 0. The lowest BCUT2D eigenvalue weighted by atomic mass is 9.84. The molecule has 1 aliphatic heterocycles. The van der Waals surface area contributed by atoms with E-state index in [1.165, 1.54) is 29.2 Å². The number of nitrogens with zero attached hydrogens (tertiary/aromatic N) is 4. The molecule has 392 valence electrons. The van der Waals surface area contributed by atoms with Crippen molar-refractivity contribution in [1.29, 1.82) is 0 Å². The fourth-order valence-corrected chi connectivity index (χ4v) is 8.15. The highest BCUT2D eigenvalue weighted by Crippen LogP contribution is 2.39. The minimum absolute atomic E-state index is 0.0864. The van der Waals surface area contributed by atoms with Gasteiger partial charge in [-0.05, 0) is 85.2 Å². The average Bonchev–Trinajstić information content (AvgIpc) is 3.90. The van der Waals surface area contributed by atoms with Gasteiger partial charge in [-0.15, -0.1) is 0 Å². The molecule has 0 saturated carbocycles. The van der Waals surface area contributed by atoms with E-state index in [0.29, 0.717) is 11.5 Å². The lowest BCUT2D eigenvalue weighted by molar-refractivity contribution is -0.140. The molecule has 1 aromatic heterocycles. The first kappa shape index (κ1) is 56.7. The third-order valence-electron chi connectivity index (χ3n) is 11.8. The third kappa shape index (κ3) is 15.9. The minimum atomic E-state index is -1.31. The fraction of sp³-hybridized carbons (Fsp3) is 0.412. The van der Waals surface area contributed by atoms with E-state index in [1.54, 1.807) is 24.6 Å². The van der Waals surface area contributed by atoms with E-state index in [4.69, 9.17) is 16.5 Å². The summed E-state index contributed by atoms with van der Waals surface area (Å²) in [6.07, 6.45) is 2.56. The molecule has 7 amide bonds. The minimum Gasteiger partial charge on any atom is -0.387 e. The van der Waals surface area contributed by atoms with Gasteiger partial charge in [0.2, 0.25) is 29.5 Å². The molecule has 0 aliphatic carbocycles. The van der Waals surface area contributed by atoms with Crippen LogP contribution in [0.5, 0.6) is 0 Å². The quantitative estimate of drug-likeness (QED) is 0.0262. The van der Waals surface area contributed by atoms with Crippen LogP contribution in [0, 0.1) is 23.0 Å². The van der Waals surface area contributed by atoms with Gasteiger partial charge in [0.15, 0.2) is 6.35 Å². The van der Waals surface area contributed by atoms with Crippen molar-refractivity contribution in [2.75, 3.05) is 36.5 Å². The number of nitrogens with two attached hydrogens (primary N) is 2. The average molecular weight is 1010 g/mol. The van der Waals surface area contributed by atoms with Crippen molar-refractivity contribution in [2.45, 2.75) is 97.4 Å². The Morgan fingerprint density at radius 1 is 0.849 bits per heavy atom. The molecule has 5 rings (SSSR count). The highest BCUT2D eigenvalue weighted by Gasteiger charge is 2.39. The van der Waals surface area contributed by atoms with Crippen LogP contribution < -0.4 is 43.0 Å². The summed E-state index contributed by atoms with van der Waals surface area (Å²) in [6, 6.07) is 13.9. The van der Waals surface area contributed by atoms with E-state index < -0.39 is 101 Å². The van der Waals surface area contributed by atoms with Crippen molar-refractivity contribution in [1.82, 2.24) is 35.7 Å². The second kappa shape index (κ2) is 25.9. The molecule has 22 heteroatoms. The number of halogens is 2. The monoisotopic (exact) mass is 1010 g/mol. The first-order valence-electron chi connectivity index (χ1n) is 23.8. The van der Waals surface area contributed by atoms with Crippen molar-refractivity contribution in [3.05, 3.63) is 114 Å². The maximum absolute atomic E-state index is 15.1. The Kier molecular flexibility index (Phi) is 20.1. The number of imide groups is 1. The molecular weight excluding hydrogens is 949 g/mol. The Balaban J connectivity index is 1.21. The number of hydrogen-bond acceptors (Lipinski definition) is 13. The number of carbonyl (C=O) groups excluding carboxylic acids is 7. The first-order valence-corrected chi connectivity index (χ1v) is 23.8. The number of carbonyl (C=O) groups is 7. The molecule has 0 bridgehead atoms. The molecule has 2 heterocycles. The number of imidazole rings is 1. The van der Waals surface area contributed by atoms with Crippen molar-refractivity contribution >= 4 is 52.7 Å². The smallest absolute Gasteiger partial charge is 0.258 e. The molecule has 0 saturated heterocycles. The van der Waals surface area contributed by atoms with Gasteiger partial charge >= 0.3 is 0 Å². The predicted molar refractivity (Wildman–Crippen MR) is 267 cm³/mol. The van der Waals surface area contributed by atoms with Gasteiger partial charge in [-0.25, -0.2) is 18.7 Å². The molecule has 5 atom stereocenters. The largest absolute Gasteiger partial charge is 0.387 e. The summed E-state index contributed by atoms with van der Waals surface area (Å²) in [6.45, 7) is 8.14. The third-order valence-corrected chi connectivity index (χ3v) is 11.8. The molecule has 1 aliphatic rings. The number of anilines is 2. The van der Waals surface area contributed by atoms with Crippen LogP contribution in [-0.4, -0.2) is 117 Å². The lowest BCUT2D eigenvalue weighted by Gasteiger charge is -2.40. The van der Waals surface area contributed by atoms with E-state index >= 15 is 4.39 Å².